The first-order valence-corrected chi connectivity index (χ1v) is 8.64. The molecule has 1 N–H and O–H groups in total. The second-order valence-corrected chi connectivity index (χ2v) is 6.70. The third-order valence-electron chi connectivity index (χ3n) is 4.74. The van der Waals surface area contributed by atoms with Gasteiger partial charge in [0.25, 0.3) is 0 Å². The molecule has 1 saturated heterocycles. The van der Waals surface area contributed by atoms with E-state index in [1.807, 2.05) is 36.4 Å². The first-order valence-electron chi connectivity index (χ1n) is 8.26. The molecule has 1 heterocycles. The Morgan fingerprint density at radius 1 is 1.12 bits per heavy atom. The highest BCUT2D eigenvalue weighted by Gasteiger charge is 2.35. The number of nitriles is 1. The zero-order chi connectivity index (χ0) is 16.8. The van der Waals surface area contributed by atoms with E-state index in [4.69, 9.17) is 21.6 Å². The molecule has 24 heavy (non-hydrogen) atoms. The summed E-state index contributed by atoms with van der Waals surface area (Å²) < 4.78 is 5.57. The van der Waals surface area contributed by atoms with E-state index in [9.17, 15) is 0 Å². The van der Waals surface area contributed by atoms with Crippen molar-refractivity contribution in [3.8, 4) is 6.07 Å². The molecule has 0 unspecified atom stereocenters. The summed E-state index contributed by atoms with van der Waals surface area (Å²) in [6, 6.07) is 18.0. The lowest BCUT2D eigenvalue weighted by Gasteiger charge is -2.38. The number of benzene rings is 2. The van der Waals surface area contributed by atoms with Gasteiger partial charge in [-0.1, -0.05) is 41.9 Å². The maximum absolute atomic E-state index is 9.01. The first-order chi connectivity index (χ1) is 11.7. The van der Waals surface area contributed by atoms with Crippen LogP contribution in [0.2, 0.25) is 5.02 Å². The third-order valence-corrected chi connectivity index (χ3v) is 5.07. The van der Waals surface area contributed by atoms with E-state index in [1.165, 1.54) is 5.56 Å². The largest absolute Gasteiger partial charge is 0.381 e. The fourth-order valence-corrected chi connectivity index (χ4v) is 3.73. The van der Waals surface area contributed by atoms with Gasteiger partial charge in [0.1, 0.15) is 0 Å². The van der Waals surface area contributed by atoms with Crippen molar-refractivity contribution in [3.63, 3.8) is 0 Å². The van der Waals surface area contributed by atoms with Crippen molar-refractivity contribution in [2.45, 2.75) is 24.8 Å². The predicted octanol–water partition coefficient (Wildman–Crippen LogP) is 4.05. The quantitative estimate of drug-likeness (QED) is 0.893. The van der Waals surface area contributed by atoms with Crippen molar-refractivity contribution >= 4 is 11.6 Å². The summed E-state index contributed by atoms with van der Waals surface area (Å²) in [4.78, 5) is 0. The molecule has 0 amide bonds. The molecule has 1 aliphatic rings. The SMILES string of the molecule is N#Cc1cccc(CNCC2(c3ccccc3Cl)CCOCC2)c1. The standard InChI is InChI=1S/C20H21ClN2O/c21-19-7-2-1-6-18(19)20(8-10-24-11-9-20)15-23-14-17-5-3-4-16(12-17)13-22/h1-7,12,23H,8-11,14-15H2. The molecule has 3 rings (SSSR count). The third kappa shape index (κ3) is 3.79. The molecule has 0 aliphatic carbocycles. The van der Waals surface area contributed by atoms with Gasteiger partial charge in [0.2, 0.25) is 0 Å². The van der Waals surface area contributed by atoms with Crippen LogP contribution in [0.1, 0.15) is 29.5 Å². The molecule has 3 nitrogen and oxygen atoms in total. The van der Waals surface area contributed by atoms with Crippen LogP contribution in [0.3, 0.4) is 0 Å². The Hall–Kier alpha value is -1.86. The second kappa shape index (κ2) is 7.81. The summed E-state index contributed by atoms with van der Waals surface area (Å²) >= 11 is 6.48. The highest BCUT2D eigenvalue weighted by atomic mass is 35.5. The molecule has 1 aliphatic heterocycles. The number of nitrogens with zero attached hydrogens (tertiary/aromatic N) is 1. The van der Waals surface area contributed by atoms with E-state index >= 15 is 0 Å². The van der Waals surface area contributed by atoms with Gasteiger partial charge in [-0.3, -0.25) is 0 Å². The number of ether oxygens (including phenoxy) is 1. The lowest BCUT2D eigenvalue weighted by molar-refractivity contribution is 0.0498. The van der Waals surface area contributed by atoms with Crippen LogP contribution in [-0.2, 0) is 16.7 Å². The Morgan fingerprint density at radius 2 is 1.92 bits per heavy atom. The molecule has 2 aromatic carbocycles. The molecule has 0 saturated carbocycles. The van der Waals surface area contributed by atoms with Crippen molar-refractivity contribution in [3.05, 3.63) is 70.2 Å². The van der Waals surface area contributed by atoms with Gasteiger partial charge in [0.05, 0.1) is 11.6 Å². The van der Waals surface area contributed by atoms with E-state index in [0.717, 1.165) is 49.7 Å². The number of hydrogen-bond acceptors (Lipinski definition) is 3. The molecule has 1 fully saturated rings. The number of halogens is 1. The van der Waals surface area contributed by atoms with Crippen LogP contribution in [0.25, 0.3) is 0 Å². The van der Waals surface area contributed by atoms with Crippen LogP contribution < -0.4 is 5.32 Å². The summed E-state index contributed by atoms with van der Waals surface area (Å²) in [5.74, 6) is 0. The predicted molar refractivity (Wildman–Crippen MR) is 96.0 cm³/mol. The summed E-state index contributed by atoms with van der Waals surface area (Å²) in [5, 5.41) is 13.4. The Kier molecular flexibility index (Phi) is 5.52. The zero-order valence-electron chi connectivity index (χ0n) is 13.6. The highest BCUT2D eigenvalue weighted by molar-refractivity contribution is 6.31. The van der Waals surface area contributed by atoms with E-state index in [2.05, 4.69) is 23.5 Å². The topological polar surface area (TPSA) is 45.0 Å². The highest BCUT2D eigenvalue weighted by Crippen LogP contribution is 2.38. The molecule has 0 atom stereocenters. The smallest absolute Gasteiger partial charge is 0.0991 e. The van der Waals surface area contributed by atoms with Crippen LogP contribution in [0.4, 0.5) is 0 Å². The number of rotatable bonds is 5. The summed E-state index contributed by atoms with van der Waals surface area (Å²) in [7, 11) is 0. The molecule has 0 bridgehead atoms. The van der Waals surface area contributed by atoms with E-state index in [0.29, 0.717) is 5.56 Å². The average molecular weight is 341 g/mol. The fraction of sp³-hybridized carbons (Fsp3) is 0.350. The Morgan fingerprint density at radius 3 is 2.67 bits per heavy atom. The molecule has 124 valence electrons. The van der Waals surface area contributed by atoms with Crippen molar-refractivity contribution < 1.29 is 4.74 Å². The molecule has 0 radical (unpaired) electrons. The summed E-state index contributed by atoms with van der Waals surface area (Å²) in [6.07, 6.45) is 1.92. The van der Waals surface area contributed by atoms with Crippen LogP contribution >= 0.6 is 11.6 Å². The summed E-state index contributed by atoms with van der Waals surface area (Å²) in [5.41, 5.74) is 3.02. The first kappa shape index (κ1) is 17.0. The van der Waals surface area contributed by atoms with Gasteiger partial charge in [-0.2, -0.15) is 5.26 Å². The molecule has 0 aromatic heterocycles. The fourth-order valence-electron chi connectivity index (χ4n) is 3.39. The van der Waals surface area contributed by atoms with E-state index < -0.39 is 0 Å². The van der Waals surface area contributed by atoms with Gasteiger partial charge in [-0.05, 0) is 42.2 Å². The minimum absolute atomic E-state index is 0.00340. The van der Waals surface area contributed by atoms with Crippen LogP contribution in [0.5, 0.6) is 0 Å². The maximum Gasteiger partial charge on any atom is 0.0991 e. The minimum Gasteiger partial charge on any atom is -0.381 e. The minimum atomic E-state index is 0.00340. The summed E-state index contributed by atoms with van der Waals surface area (Å²) in [6.45, 7) is 3.10. The van der Waals surface area contributed by atoms with Gasteiger partial charge in [0, 0.05) is 36.7 Å². The van der Waals surface area contributed by atoms with Gasteiger partial charge in [-0.15, -0.1) is 0 Å². The molecule has 0 spiro atoms. The molecule has 4 heteroatoms. The van der Waals surface area contributed by atoms with Crippen molar-refractivity contribution in [1.29, 1.82) is 5.26 Å². The Bertz CT molecular complexity index is 732. The van der Waals surface area contributed by atoms with Crippen molar-refractivity contribution in [2.75, 3.05) is 19.8 Å². The average Bonchev–Trinajstić information content (AvgIpc) is 2.63. The van der Waals surface area contributed by atoms with Crippen LogP contribution in [-0.4, -0.2) is 19.8 Å². The van der Waals surface area contributed by atoms with Crippen LogP contribution in [0, 0.1) is 11.3 Å². The second-order valence-electron chi connectivity index (χ2n) is 6.29. The van der Waals surface area contributed by atoms with Gasteiger partial charge >= 0.3 is 0 Å². The zero-order valence-corrected chi connectivity index (χ0v) is 14.4. The van der Waals surface area contributed by atoms with Gasteiger partial charge < -0.3 is 10.1 Å². The lowest BCUT2D eigenvalue weighted by Crippen LogP contribution is -2.42. The molecular formula is C20H21ClN2O. The Balaban J connectivity index is 1.73. The lowest BCUT2D eigenvalue weighted by atomic mass is 9.74. The monoisotopic (exact) mass is 340 g/mol. The van der Waals surface area contributed by atoms with Crippen molar-refractivity contribution in [2.24, 2.45) is 0 Å². The Labute approximate surface area is 148 Å². The number of nitrogens with one attached hydrogen (secondary N) is 1. The van der Waals surface area contributed by atoms with Crippen LogP contribution in [0.15, 0.2) is 48.5 Å². The van der Waals surface area contributed by atoms with Gasteiger partial charge in [-0.25, -0.2) is 0 Å². The van der Waals surface area contributed by atoms with E-state index in [1.54, 1.807) is 0 Å². The van der Waals surface area contributed by atoms with E-state index in [-0.39, 0.29) is 5.41 Å². The molecular weight excluding hydrogens is 320 g/mol. The molecule has 2 aromatic rings. The normalized spacial score (nSPS) is 16.5. The van der Waals surface area contributed by atoms with Gasteiger partial charge in [0.15, 0.2) is 0 Å². The van der Waals surface area contributed by atoms with Crippen molar-refractivity contribution in [1.82, 2.24) is 5.32 Å². The maximum atomic E-state index is 9.01. The number of hydrogen-bond donors (Lipinski definition) is 1.